The molecule has 0 aliphatic carbocycles. The summed E-state index contributed by atoms with van der Waals surface area (Å²) in [4.78, 5) is 13.3. The van der Waals surface area contributed by atoms with Gasteiger partial charge in [0.05, 0.1) is 38.6 Å². The Morgan fingerprint density at radius 2 is 0.788 bits per heavy atom. The number of ether oxygens (including phenoxy) is 6. The number of nitrogens with one attached hydrogen (secondary N) is 1. The maximum absolute atomic E-state index is 13.3. The van der Waals surface area contributed by atoms with E-state index >= 15 is 0 Å². The Hall–Kier alpha value is -2.77. The highest BCUT2D eigenvalue weighted by molar-refractivity contribution is 5.76. The predicted molar refractivity (Wildman–Crippen MR) is 328 cm³/mol. The van der Waals surface area contributed by atoms with Gasteiger partial charge in [0, 0.05) is 6.42 Å². The second-order valence-corrected chi connectivity index (χ2v) is 23.2. The van der Waals surface area contributed by atoms with E-state index in [9.17, 15) is 61.0 Å². The van der Waals surface area contributed by atoms with Crippen LogP contribution in [0.15, 0.2) is 72.9 Å². The molecule has 0 saturated carbocycles. The molecule has 0 aromatic rings. The number of hydrogen-bond donors (Lipinski definition) is 12. The summed E-state index contributed by atoms with van der Waals surface area (Å²) in [6.07, 6.45) is 31.3. The second kappa shape index (κ2) is 48.1. The molecule has 0 aromatic carbocycles. The third-order valence-electron chi connectivity index (χ3n) is 16.1. The highest BCUT2D eigenvalue weighted by Gasteiger charge is 2.53. The van der Waals surface area contributed by atoms with E-state index in [1.54, 1.807) is 0 Å². The lowest BCUT2D eigenvalue weighted by molar-refractivity contribution is -0.379. The van der Waals surface area contributed by atoms with Gasteiger partial charge in [-0.3, -0.25) is 4.79 Å². The van der Waals surface area contributed by atoms with E-state index in [2.05, 4.69) is 79.9 Å². The van der Waals surface area contributed by atoms with Gasteiger partial charge in [-0.05, 0) is 51.4 Å². The van der Waals surface area contributed by atoms with Crippen LogP contribution < -0.4 is 5.32 Å². The summed E-state index contributed by atoms with van der Waals surface area (Å²) in [6, 6.07) is -0.932. The van der Waals surface area contributed by atoms with Crippen LogP contribution in [0.25, 0.3) is 0 Å². The summed E-state index contributed by atoms with van der Waals surface area (Å²) < 4.78 is 34.3. The normalized spacial score (nSPS) is 29.4. The van der Waals surface area contributed by atoms with Crippen molar-refractivity contribution >= 4 is 5.91 Å². The Morgan fingerprint density at radius 3 is 1.20 bits per heavy atom. The van der Waals surface area contributed by atoms with Gasteiger partial charge in [-0.2, -0.15) is 0 Å². The number of allylic oxidation sites excluding steroid dienone is 12. The van der Waals surface area contributed by atoms with Crippen LogP contribution in [0.4, 0.5) is 0 Å². The summed E-state index contributed by atoms with van der Waals surface area (Å²) >= 11 is 0. The largest absolute Gasteiger partial charge is 0.394 e. The minimum atomic E-state index is -1.98. The number of carbonyl (C=O) groups excluding carboxylic acids is 1. The van der Waals surface area contributed by atoms with Crippen LogP contribution in [0.2, 0.25) is 0 Å². The minimum Gasteiger partial charge on any atom is -0.394 e. The zero-order valence-electron chi connectivity index (χ0n) is 51.6. The van der Waals surface area contributed by atoms with E-state index in [1.807, 2.05) is 12.2 Å². The highest BCUT2D eigenvalue weighted by atomic mass is 16.8. The molecule has 3 fully saturated rings. The van der Waals surface area contributed by atoms with Gasteiger partial charge in [-0.1, -0.05) is 222 Å². The Morgan fingerprint density at radius 1 is 0.435 bits per heavy atom. The van der Waals surface area contributed by atoms with Gasteiger partial charge in [0.1, 0.15) is 73.2 Å². The Bertz CT molecular complexity index is 1830. The van der Waals surface area contributed by atoms with Crippen LogP contribution >= 0.6 is 0 Å². The SMILES string of the molecule is CC/C=C\C/C=C\C/C=C\C/C=C\C/C=C\C/C=C\CCC(=O)NC(COC1OC(CO)C(OC2OC(CO)C(OC3OC(CO)C(O)C(O)C3O)C(O)C2O)C(O)C1O)C(O)CCCCCCCCCCCCCCCCCCCCCCC. The molecule has 19 nitrogen and oxygen atoms in total. The zero-order valence-corrected chi connectivity index (χ0v) is 51.6. The van der Waals surface area contributed by atoms with Crippen molar-refractivity contribution in [1.29, 1.82) is 0 Å². The van der Waals surface area contributed by atoms with Crippen LogP contribution in [-0.4, -0.2) is 193 Å². The van der Waals surface area contributed by atoms with Gasteiger partial charge in [-0.25, -0.2) is 0 Å². The van der Waals surface area contributed by atoms with Crippen LogP contribution in [0, 0.1) is 0 Å². The average molecular weight is 1210 g/mol. The van der Waals surface area contributed by atoms with Crippen LogP contribution in [0.5, 0.6) is 0 Å². The first-order chi connectivity index (χ1) is 41.3. The Labute approximate surface area is 508 Å². The van der Waals surface area contributed by atoms with Gasteiger partial charge in [0.2, 0.25) is 5.91 Å². The number of hydrogen-bond acceptors (Lipinski definition) is 18. The van der Waals surface area contributed by atoms with Crippen LogP contribution in [-0.2, 0) is 33.2 Å². The van der Waals surface area contributed by atoms with Gasteiger partial charge in [0.25, 0.3) is 0 Å². The van der Waals surface area contributed by atoms with Crippen molar-refractivity contribution in [2.24, 2.45) is 0 Å². The smallest absolute Gasteiger partial charge is 0.220 e. The van der Waals surface area contributed by atoms with Crippen molar-refractivity contribution in [1.82, 2.24) is 5.32 Å². The van der Waals surface area contributed by atoms with Gasteiger partial charge in [0.15, 0.2) is 18.9 Å². The molecule has 1 amide bonds. The number of aliphatic hydroxyl groups excluding tert-OH is 11. The third-order valence-corrected chi connectivity index (χ3v) is 16.1. The van der Waals surface area contributed by atoms with E-state index in [0.717, 1.165) is 51.4 Å². The van der Waals surface area contributed by atoms with Crippen molar-refractivity contribution in [2.45, 2.75) is 311 Å². The standard InChI is InChI=1S/C66H115NO18/c1-3-5-7-9-11-13-15-17-19-21-23-24-26-27-29-31-33-35-37-39-41-43-50(71)49(67-54(72)44-42-40-38-36-34-32-30-28-25-22-20-18-16-14-12-10-8-6-4-2)48-80-64-60(78)57(75)62(52(46-69)82-64)85-66-61(79)58(76)63(53(47-70)83-66)84-65-59(77)56(74)55(73)51(45-68)81-65/h6,8,12,14,18,20,25,28,32,34,38,40,49-53,55-66,68-71,73-79H,3-5,7,9-11,13,15-17,19,21-24,26-27,29-31,33,35-37,39,41-48H2,1-2H3,(H,67,72)/b8-6-,14-12-,20-18-,28-25-,34-32-,40-38-. The van der Waals surface area contributed by atoms with Gasteiger partial charge in [-0.15, -0.1) is 0 Å². The molecule has 85 heavy (non-hydrogen) atoms. The van der Waals surface area contributed by atoms with E-state index in [-0.39, 0.29) is 18.9 Å². The third kappa shape index (κ3) is 31.0. The molecule has 0 radical (unpaired) electrons. The van der Waals surface area contributed by atoms with Gasteiger partial charge < -0.3 is 89.9 Å². The van der Waals surface area contributed by atoms with Crippen molar-refractivity contribution in [3.05, 3.63) is 72.9 Å². The molecule has 0 spiro atoms. The summed E-state index contributed by atoms with van der Waals surface area (Å²) in [5, 5.41) is 120. The molecule has 3 rings (SSSR count). The Kier molecular flexibility index (Phi) is 43.3. The second-order valence-electron chi connectivity index (χ2n) is 23.2. The molecule has 492 valence electrons. The van der Waals surface area contributed by atoms with Crippen molar-refractivity contribution in [3.8, 4) is 0 Å². The number of unbranched alkanes of at least 4 members (excludes halogenated alkanes) is 20. The van der Waals surface area contributed by atoms with Crippen LogP contribution in [0.1, 0.15) is 206 Å². The zero-order chi connectivity index (χ0) is 61.9. The monoisotopic (exact) mass is 1210 g/mol. The van der Waals surface area contributed by atoms with Crippen molar-refractivity contribution < 1.29 is 89.4 Å². The average Bonchev–Trinajstić information content (AvgIpc) is 3.10. The van der Waals surface area contributed by atoms with E-state index in [0.29, 0.717) is 25.7 Å². The molecule has 3 heterocycles. The summed E-state index contributed by atoms with van der Waals surface area (Å²) in [5.41, 5.74) is 0. The summed E-state index contributed by atoms with van der Waals surface area (Å²) in [5.74, 6) is -0.326. The molecule has 0 bridgehead atoms. The highest BCUT2D eigenvalue weighted by Crippen LogP contribution is 2.33. The first-order valence-electron chi connectivity index (χ1n) is 32.7. The molecule has 17 atom stereocenters. The topological polar surface area (TPSA) is 307 Å². The molecular weight excluding hydrogens is 1090 g/mol. The first-order valence-corrected chi connectivity index (χ1v) is 32.7. The summed E-state index contributed by atoms with van der Waals surface area (Å²) in [7, 11) is 0. The molecule has 3 aliphatic rings. The quantitative estimate of drug-likeness (QED) is 0.0209. The number of rotatable bonds is 48. The molecule has 17 unspecified atom stereocenters. The fourth-order valence-corrected chi connectivity index (χ4v) is 10.7. The van der Waals surface area contributed by atoms with E-state index in [4.69, 9.17) is 28.4 Å². The van der Waals surface area contributed by atoms with E-state index < -0.39 is 124 Å². The molecule has 19 heteroatoms. The predicted octanol–water partition coefficient (Wildman–Crippen LogP) is 7.38. The molecule has 12 N–H and O–H groups in total. The maximum atomic E-state index is 13.3. The molecule has 0 aromatic heterocycles. The Balaban J connectivity index is 1.49. The van der Waals surface area contributed by atoms with Crippen LogP contribution in [0.3, 0.4) is 0 Å². The fraction of sp³-hybridized carbons (Fsp3) is 0.803. The van der Waals surface area contributed by atoms with Crippen molar-refractivity contribution in [3.63, 3.8) is 0 Å². The fourth-order valence-electron chi connectivity index (χ4n) is 10.7. The molecule has 3 aliphatic heterocycles. The maximum Gasteiger partial charge on any atom is 0.220 e. The van der Waals surface area contributed by atoms with Crippen molar-refractivity contribution in [2.75, 3.05) is 26.4 Å². The van der Waals surface area contributed by atoms with E-state index in [1.165, 1.54) is 109 Å². The van der Waals surface area contributed by atoms with Gasteiger partial charge >= 0.3 is 0 Å². The number of carbonyl (C=O) groups is 1. The minimum absolute atomic E-state index is 0.138. The first kappa shape index (κ1) is 76.5. The molecule has 3 saturated heterocycles. The lowest BCUT2D eigenvalue weighted by atomic mass is 9.96. The number of aliphatic hydroxyl groups is 11. The lowest BCUT2D eigenvalue weighted by Gasteiger charge is -2.48. The lowest BCUT2D eigenvalue weighted by Crippen LogP contribution is -2.66. The summed E-state index contributed by atoms with van der Waals surface area (Å²) in [6.45, 7) is 1.63. The molecular formula is C66H115NO18. The number of amides is 1.